The summed E-state index contributed by atoms with van der Waals surface area (Å²) in [6.45, 7) is 2.16. The molecule has 0 unspecified atom stereocenters. The molecule has 19 heavy (non-hydrogen) atoms. The standard InChI is InChI=1S/C13H15F3N2O/c1-8(17-2)12(19)18-6-5-9-7-10(13(14,15)16)3-4-11(9)18/h3-4,7-8,17H,5-6H2,1-2H3/t8-/m1/s1. The summed E-state index contributed by atoms with van der Waals surface area (Å²) in [5.74, 6) is -0.124. The van der Waals surface area contributed by atoms with E-state index in [-0.39, 0.29) is 11.9 Å². The topological polar surface area (TPSA) is 32.3 Å². The highest BCUT2D eigenvalue weighted by molar-refractivity contribution is 5.98. The summed E-state index contributed by atoms with van der Waals surface area (Å²) < 4.78 is 37.8. The first kappa shape index (κ1) is 13.9. The van der Waals surface area contributed by atoms with Gasteiger partial charge in [0.15, 0.2) is 0 Å². The van der Waals surface area contributed by atoms with Crippen molar-refractivity contribution in [3.8, 4) is 0 Å². The van der Waals surface area contributed by atoms with Crippen molar-refractivity contribution in [2.75, 3.05) is 18.5 Å². The van der Waals surface area contributed by atoms with Gasteiger partial charge in [-0.05, 0) is 44.2 Å². The van der Waals surface area contributed by atoms with Crippen molar-refractivity contribution in [1.29, 1.82) is 0 Å². The molecule has 1 N–H and O–H groups in total. The van der Waals surface area contributed by atoms with E-state index >= 15 is 0 Å². The molecule has 2 rings (SSSR count). The summed E-state index contributed by atoms with van der Waals surface area (Å²) in [4.78, 5) is 13.6. The van der Waals surface area contributed by atoms with Crippen molar-refractivity contribution >= 4 is 11.6 Å². The zero-order valence-corrected chi connectivity index (χ0v) is 10.7. The molecule has 0 saturated carbocycles. The molecule has 1 heterocycles. The highest BCUT2D eigenvalue weighted by Crippen LogP contribution is 2.35. The first-order chi connectivity index (χ1) is 8.84. The molecule has 0 saturated heterocycles. The van der Waals surface area contributed by atoms with Gasteiger partial charge >= 0.3 is 6.18 Å². The van der Waals surface area contributed by atoms with Gasteiger partial charge in [-0.3, -0.25) is 4.79 Å². The minimum absolute atomic E-state index is 0.124. The van der Waals surface area contributed by atoms with E-state index in [0.29, 0.717) is 24.2 Å². The molecule has 0 aliphatic carbocycles. The van der Waals surface area contributed by atoms with Crippen molar-refractivity contribution in [2.45, 2.75) is 25.6 Å². The van der Waals surface area contributed by atoms with Crippen LogP contribution < -0.4 is 10.2 Å². The van der Waals surface area contributed by atoms with E-state index in [9.17, 15) is 18.0 Å². The first-order valence-corrected chi connectivity index (χ1v) is 6.03. The van der Waals surface area contributed by atoms with Crippen LogP contribution in [0.25, 0.3) is 0 Å². The number of alkyl halides is 3. The zero-order chi connectivity index (χ0) is 14.2. The Morgan fingerprint density at radius 2 is 2.11 bits per heavy atom. The Kier molecular flexibility index (Phi) is 3.54. The number of likely N-dealkylation sites (N-methyl/N-ethyl adjacent to an activating group) is 1. The molecule has 104 valence electrons. The fourth-order valence-electron chi connectivity index (χ4n) is 2.16. The lowest BCUT2D eigenvalue weighted by Gasteiger charge is -2.21. The second-order valence-corrected chi connectivity index (χ2v) is 4.59. The Labute approximate surface area is 109 Å². The van der Waals surface area contributed by atoms with Crippen LogP contribution in [0.1, 0.15) is 18.1 Å². The summed E-state index contributed by atoms with van der Waals surface area (Å²) >= 11 is 0. The lowest BCUT2D eigenvalue weighted by Crippen LogP contribution is -2.42. The molecule has 1 aromatic carbocycles. The highest BCUT2D eigenvalue weighted by atomic mass is 19.4. The molecule has 6 heteroatoms. The van der Waals surface area contributed by atoms with Crippen molar-refractivity contribution in [2.24, 2.45) is 0 Å². The van der Waals surface area contributed by atoms with E-state index < -0.39 is 11.7 Å². The van der Waals surface area contributed by atoms with E-state index in [1.165, 1.54) is 11.0 Å². The fraction of sp³-hybridized carbons (Fsp3) is 0.462. The average Bonchev–Trinajstić information content (AvgIpc) is 2.78. The maximum Gasteiger partial charge on any atom is 0.416 e. The van der Waals surface area contributed by atoms with Gasteiger partial charge < -0.3 is 10.2 Å². The smallest absolute Gasteiger partial charge is 0.310 e. The predicted octanol–water partition coefficient (Wildman–Crippen LogP) is 2.20. The lowest BCUT2D eigenvalue weighted by molar-refractivity contribution is -0.137. The Hall–Kier alpha value is -1.56. The average molecular weight is 272 g/mol. The van der Waals surface area contributed by atoms with Gasteiger partial charge in [-0.2, -0.15) is 13.2 Å². The van der Waals surface area contributed by atoms with Crippen LogP contribution in [0, 0.1) is 0 Å². The van der Waals surface area contributed by atoms with E-state index in [0.717, 1.165) is 12.1 Å². The number of rotatable bonds is 2. The van der Waals surface area contributed by atoms with Gasteiger partial charge in [-0.25, -0.2) is 0 Å². The van der Waals surface area contributed by atoms with Crippen LogP contribution in [-0.4, -0.2) is 25.5 Å². The molecule has 3 nitrogen and oxygen atoms in total. The number of nitrogens with zero attached hydrogens (tertiary/aromatic N) is 1. The van der Waals surface area contributed by atoms with Crippen LogP contribution >= 0.6 is 0 Å². The van der Waals surface area contributed by atoms with Gasteiger partial charge in [0, 0.05) is 12.2 Å². The second kappa shape index (κ2) is 4.85. The summed E-state index contributed by atoms with van der Waals surface area (Å²) in [6.07, 6.45) is -3.88. The van der Waals surface area contributed by atoms with Crippen LogP contribution in [0.3, 0.4) is 0 Å². The second-order valence-electron chi connectivity index (χ2n) is 4.59. The number of amides is 1. The van der Waals surface area contributed by atoms with E-state index in [2.05, 4.69) is 5.32 Å². The van der Waals surface area contributed by atoms with Gasteiger partial charge in [0.05, 0.1) is 11.6 Å². The van der Waals surface area contributed by atoms with Crippen molar-refractivity contribution in [1.82, 2.24) is 5.32 Å². The summed E-state index contributed by atoms with van der Waals surface area (Å²) in [6, 6.07) is 3.18. The third kappa shape index (κ3) is 2.58. The van der Waals surface area contributed by atoms with Crippen molar-refractivity contribution in [3.05, 3.63) is 29.3 Å². The first-order valence-electron chi connectivity index (χ1n) is 6.03. The number of carbonyl (C=O) groups excluding carboxylic acids is 1. The number of hydrogen-bond acceptors (Lipinski definition) is 2. The maximum absolute atomic E-state index is 12.6. The minimum atomic E-state index is -4.34. The molecule has 1 aliphatic rings. The monoisotopic (exact) mass is 272 g/mol. The summed E-state index contributed by atoms with van der Waals surface area (Å²) in [5.41, 5.74) is 0.494. The molecule has 1 aromatic rings. The molecule has 1 amide bonds. The van der Waals surface area contributed by atoms with Gasteiger partial charge in [0.1, 0.15) is 0 Å². The van der Waals surface area contributed by atoms with Gasteiger partial charge in [-0.15, -0.1) is 0 Å². The van der Waals surface area contributed by atoms with E-state index in [1.54, 1.807) is 14.0 Å². The predicted molar refractivity (Wildman–Crippen MR) is 66.0 cm³/mol. The van der Waals surface area contributed by atoms with Crippen molar-refractivity contribution in [3.63, 3.8) is 0 Å². The Morgan fingerprint density at radius 3 is 2.68 bits per heavy atom. The maximum atomic E-state index is 12.6. The zero-order valence-electron chi connectivity index (χ0n) is 10.7. The molecule has 0 bridgehead atoms. The van der Waals surface area contributed by atoms with Gasteiger partial charge in [0.2, 0.25) is 5.91 Å². The molecule has 1 aliphatic heterocycles. The third-order valence-corrected chi connectivity index (χ3v) is 3.37. The number of halogens is 3. The largest absolute Gasteiger partial charge is 0.416 e. The molecule has 0 aromatic heterocycles. The normalized spacial score (nSPS) is 16.4. The van der Waals surface area contributed by atoms with Crippen LogP contribution in [0.15, 0.2) is 18.2 Å². The molecular formula is C13H15F3N2O. The Balaban J connectivity index is 2.30. The number of fused-ring (bicyclic) bond motifs is 1. The molecule has 0 spiro atoms. The SMILES string of the molecule is CN[C@H](C)C(=O)N1CCc2cc(C(F)(F)F)ccc21. The minimum Gasteiger partial charge on any atom is -0.310 e. The third-order valence-electron chi connectivity index (χ3n) is 3.37. The fourth-order valence-corrected chi connectivity index (χ4v) is 2.16. The molecule has 1 atom stereocenters. The van der Waals surface area contributed by atoms with Crippen LogP contribution in [-0.2, 0) is 17.4 Å². The van der Waals surface area contributed by atoms with Gasteiger partial charge in [-0.1, -0.05) is 0 Å². The molecule has 0 radical (unpaired) electrons. The Morgan fingerprint density at radius 1 is 1.42 bits per heavy atom. The van der Waals surface area contributed by atoms with Crippen LogP contribution in [0.2, 0.25) is 0 Å². The molecule has 0 fully saturated rings. The van der Waals surface area contributed by atoms with Crippen LogP contribution in [0.4, 0.5) is 18.9 Å². The number of carbonyl (C=O) groups is 1. The highest BCUT2D eigenvalue weighted by Gasteiger charge is 2.33. The van der Waals surface area contributed by atoms with E-state index in [4.69, 9.17) is 0 Å². The van der Waals surface area contributed by atoms with E-state index in [1.807, 2.05) is 0 Å². The Bertz CT molecular complexity index is 499. The molecular weight excluding hydrogens is 257 g/mol. The quantitative estimate of drug-likeness (QED) is 0.895. The summed E-state index contributed by atoms with van der Waals surface area (Å²) in [5, 5.41) is 2.84. The number of hydrogen-bond donors (Lipinski definition) is 1. The lowest BCUT2D eigenvalue weighted by atomic mass is 10.1. The van der Waals surface area contributed by atoms with Crippen LogP contribution in [0.5, 0.6) is 0 Å². The number of anilines is 1. The number of benzene rings is 1. The number of nitrogens with one attached hydrogen (secondary N) is 1. The van der Waals surface area contributed by atoms with Crippen molar-refractivity contribution < 1.29 is 18.0 Å². The summed E-state index contributed by atoms with van der Waals surface area (Å²) in [7, 11) is 1.67. The van der Waals surface area contributed by atoms with Gasteiger partial charge in [0.25, 0.3) is 0 Å².